The average Bonchev–Trinajstić information content (AvgIpc) is 2.66. The van der Waals surface area contributed by atoms with Gasteiger partial charge in [-0.3, -0.25) is 4.79 Å². The molecule has 3 rings (SSSR count). The zero-order valence-corrected chi connectivity index (χ0v) is 14.6. The molecule has 1 saturated heterocycles. The lowest BCUT2D eigenvalue weighted by Gasteiger charge is -2.33. The zero-order chi connectivity index (χ0) is 17.6. The molecule has 0 aliphatic carbocycles. The van der Waals surface area contributed by atoms with Crippen LogP contribution >= 0.6 is 0 Å². The predicted molar refractivity (Wildman–Crippen MR) is 96.5 cm³/mol. The van der Waals surface area contributed by atoms with Gasteiger partial charge in [0.1, 0.15) is 11.5 Å². The molecule has 2 aromatic rings. The molecule has 2 N–H and O–H groups in total. The van der Waals surface area contributed by atoms with Gasteiger partial charge in [0.25, 0.3) is 5.56 Å². The van der Waals surface area contributed by atoms with Crippen LogP contribution in [0.4, 0.5) is 5.82 Å². The number of benzene rings is 1. The molecule has 0 saturated carbocycles. The summed E-state index contributed by atoms with van der Waals surface area (Å²) < 4.78 is 10.7. The molecule has 7 heteroatoms. The molecule has 7 nitrogen and oxygen atoms in total. The molecule has 2 heterocycles. The third-order valence-electron chi connectivity index (χ3n) is 4.49. The normalized spacial score (nSPS) is 17.4. The number of anilines is 1. The lowest BCUT2D eigenvalue weighted by atomic mass is 10.0. The van der Waals surface area contributed by atoms with Crippen molar-refractivity contribution < 1.29 is 9.47 Å². The predicted octanol–water partition coefficient (Wildman–Crippen LogP) is 1.55. The van der Waals surface area contributed by atoms with E-state index in [1.54, 1.807) is 26.6 Å². The summed E-state index contributed by atoms with van der Waals surface area (Å²) in [5, 5.41) is 3.57. The molecule has 0 bridgehead atoms. The Labute approximate surface area is 147 Å². The van der Waals surface area contributed by atoms with Crippen molar-refractivity contribution in [2.75, 3.05) is 32.2 Å². The maximum atomic E-state index is 11.9. The summed E-state index contributed by atoms with van der Waals surface area (Å²) >= 11 is 0. The summed E-state index contributed by atoms with van der Waals surface area (Å²) in [5.41, 5.74) is 0.941. The summed E-state index contributed by atoms with van der Waals surface area (Å²) in [7, 11) is 3.30. The number of ether oxygens (including phenoxy) is 2. The quantitative estimate of drug-likeness (QED) is 0.828. The second-order valence-electron chi connectivity index (χ2n) is 6.09. The number of hydrogen-bond acceptors (Lipinski definition) is 6. The molecule has 0 radical (unpaired) electrons. The highest BCUT2D eigenvalue weighted by atomic mass is 16.5. The fourth-order valence-corrected chi connectivity index (χ4v) is 3.16. The van der Waals surface area contributed by atoms with Gasteiger partial charge in [0.05, 0.1) is 14.2 Å². The lowest BCUT2D eigenvalue weighted by Crippen LogP contribution is -2.47. The molecule has 1 atom stereocenters. The Hall–Kier alpha value is -2.54. The van der Waals surface area contributed by atoms with Crippen molar-refractivity contribution in [1.82, 2.24) is 15.3 Å². The maximum absolute atomic E-state index is 11.9. The van der Waals surface area contributed by atoms with E-state index < -0.39 is 0 Å². The Morgan fingerprint density at radius 3 is 3.00 bits per heavy atom. The van der Waals surface area contributed by atoms with Gasteiger partial charge >= 0.3 is 0 Å². The molecule has 25 heavy (non-hydrogen) atoms. The number of methoxy groups -OCH3 is 2. The molecular weight excluding hydrogens is 320 g/mol. The van der Waals surface area contributed by atoms with Crippen LogP contribution in [-0.2, 0) is 6.54 Å². The Morgan fingerprint density at radius 1 is 1.36 bits per heavy atom. The molecule has 134 valence electrons. The number of hydrogen-bond donors (Lipinski definition) is 2. The topological polar surface area (TPSA) is 79.5 Å². The minimum absolute atomic E-state index is 0.139. The van der Waals surface area contributed by atoms with Gasteiger partial charge in [0.15, 0.2) is 5.82 Å². The van der Waals surface area contributed by atoms with E-state index in [1.165, 1.54) is 0 Å². The van der Waals surface area contributed by atoms with Gasteiger partial charge in [0.2, 0.25) is 0 Å². The number of nitrogens with one attached hydrogen (secondary N) is 2. The van der Waals surface area contributed by atoms with Crippen molar-refractivity contribution in [2.45, 2.75) is 25.4 Å². The van der Waals surface area contributed by atoms with Gasteiger partial charge in [-0.05, 0) is 18.9 Å². The molecule has 1 aromatic heterocycles. The van der Waals surface area contributed by atoms with E-state index in [1.807, 2.05) is 23.1 Å². The summed E-state index contributed by atoms with van der Waals surface area (Å²) in [6.07, 6.45) is 5.27. The highest BCUT2D eigenvalue weighted by molar-refractivity contribution is 5.41. The summed E-state index contributed by atoms with van der Waals surface area (Å²) in [4.78, 5) is 20.9. The van der Waals surface area contributed by atoms with E-state index in [-0.39, 0.29) is 5.56 Å². The van der Waals surface area contributed by atoms with Crippen molar-refractivity contribution in [3.63, 3.8) is 0 Å². The number of rotatable bonds is 6. The number of aromatic nitrogens is 2. The van der Waals surface area contributed by atoms with E-state index >= 15 is 0 Å². The second kappa shape index (κ2) is 8.02. The molecule has 1 aliphatic heterocycles. The molecule has 1 fully saturated rings. The standard InChI is InChI=1S/C18H24N4O3/c1-24-15-6-5-13(16(10-15)25-2)11-21-14-4-3-9-22(12-14)17-18(23)20-8-7-19-17/h5-8,10,14,21H,3-4,9,11-12H2,1-2H3,(H,20,23). The van der Waals surface area contributed by atoms with E-state index in [4.69, 9.17) is 9.47 Å². The molecule has 1 aromatic carbocycles. The van der Waals surface area contributed by atoms with Gasteiger partial charge < -0.3 is 24.7 Å². The maximum Gasteiger partial charge on any atom is 0.290 e. The monoisotopic (exact) mass is 344 g/mol. The average molecular weight is 344 g/mol. The van der Waals surface area contributed by atoms with Crippen LogP contribution in [0.5, 0.6) is 11.5 Å². The molecule has 0 spiro atoms. The number of aromatic amines is 1. The van der Waals surface area contributed by atoms with Crippen LogP contribution in [-0.4, -0.2) is 43.3 Å². The summed E-state index contributed by atoms with van der Waals surface area (Å²) in [6, 6.07) is 6.12. The SMILES string of the molecule is COc1ccc(CNC2CCCN(c3ncc[nH]c3=O)C2)c(OC)c1. The van der Waals surface area contributed by atoms with Crippen LogP contribution in [0.1, 0.15) is 18.4 Å². The van der Waals surface area contributed by atoms with Gasteiger partial charge in [-0.1, -0.05) is 6.07 Å². The minimum Gasteiger partial charge on any atom is -0.497 e. The first-order valence-corrected chi connectivity index (χ1v) is 8.44. The number of H-pyrrole nitrogens is 1. The first kappa shape index (κ1) is 17.3. The molecule has 1 unspecified atom stereocenters. The molecular formula is C18H24N4O3. The molecule has 1 aliphatic rings. The third-order valence-corrected chi connectivity index (χ3v) is 4.49. The smallest absolute Gasteiger partial charge is 0.290 e. The van der Waals surface area contributed by atoms with Crippen molar-refractivity contribution in [3.8, 4) is 11.5 Å². The Balaban J connectivity index is 1.64. The summed E-state index contributed by atoms with van der Waals surface area (Å²) in [6.45, 7) is 2.31. The van der Waals surface area contributed by atoms with Crippen LogP contribution in [0.3, 0.4) is 0 Å². The Kier molecular flexibility index (Phi) is 5.55. The van der Waals surface area contributed by atoms with Crippen molar-refractivity contribution >= 4 is 5.82 Å². The highest BCUT2D eigenvalue weighted by Crippen LogP contribution is 2.25. The van der Waals surface area contributed by atoms with E-state index in [0.717, 1.165) is 43.0 Å². The summed E-state index contributed by atoms with van der Waals surface area (Å²) in [5.74, 6) is 2.08. The third kappa shape index (κ3) is 4.11. The van der Waals surface area contributed by atoms with Crippen LogP contribution in [0, 0.1) is 0 Å². The molecule has 0 amide bonds. The largest absolute Gasteiger partial charge is 0.497 e. The van der Waals surface area contributed by atoms with Crippen molar-refractivity contribution in [1.29, 1.82) is 0 Å². The van der Waals surface area contributed by atoms with Crippen LogP contribution in [0.25, 0.3) is 0 Å². The first-order chi connectivity index (χ1) is 12.2. The van der Waals surface area contributed by atoms with E-state index in [0.29, 0.717) is 18.4 Å². The van der Waals surface area contributed by atoms with Crippen molar-refractivity contribution in [2.24, 2.45) is 0 Å². The first-order valence-electron chi connectivity index (χ1n) is 8.44. The van der Waals surface area contributed by atoms with E-state index in [2.05, 4.69) is 15.3 Å². The fourth-order valence-electron chi connectivity index (χ4n) is 3.16. The Bertz CT molecular complexity index is 762. The van der Waals surface area contributed by atoms with Gasteiger partial charge in [-0.25, -0.2) is 4.98 Å². The van der Waals surface area contributed by atoms with E-state index in [9.17, 15) is 4.79 Å². The number of piperidine rings is 1. The number of nitrogens with zero attached hydrogens (tertiary/aromatic N) is 2. The lowest BCUT2D eigenvalue weighted by molar-refractivity contribution is 0.383. The fraction of sp³-hybridized carbons (Fsp3) is 0.444. The minimum atomic E-state index is -0.139. The second-order valence-corrected chi connectivity index (χ2v) is 6.09. The zero-order valence-electron chi connectivity index (χ0n) is 14.6. The van der Waals surface area contributed by atoms with Gasteiger partial charge in [0, 0.05) is 49.7 Å². The van der Waals surface area contributed by atoms with Gasteiger partial charge in [-0.2, -0.15) is 0 Å². The van der Waals surface area contributed by atoms with Crippen molar-refractivity contribution in [3.05, 3.63) is 46.5 Å². The van der Waals surface area contributed by atoms with Gasteiger partial charge in [-0.15, -0.1) is 0 Å². The highest BCUT2D eigenvalue weighted by Gasteiger charge is 2.22. The van der Waals surface area contributed by atoms with Crippen LogP contribution < -0.4 is 25.2 Å². The van der Waals surface area contributed by atoms with Crippen LogP contribution in [0.15, 0.2) is 35.4 Å². The van der Waals surface area contributed by atoms with Crippen LogP contribution in [0.2, 0.25) is 0 Å². The Morgan fingerprint density at radius 2 is 2.24 bits per heavy atom.